The summed E-state index contributed by atoms with van der Waals surface area (Å²) in [6.07, 6.45) is 0.876. The zero-order valence-electron chi connectivity index (χ0n) is 11.7. The van der Waals surface area contributed by atoms with Crippen LogP contribution in [0.2, 0.25) is 0 Å². The highest BCUT2D eigenvalue weighted by Gasteiger charge is 2.39. The molecule has 1 heterocycles. The van der Waals surface area contributed by atoms with E-state index in [4.69, 9.17) is 0 Å². The van der Waals surface area contributed by atoms with Crippen molar-refractivity contribution in [2.24, 2.45) is 0 Å². The summed E-state index contributed by atoms with van der Waals surface area (Å²) in [6, 6.07) is 0. The lowest BCUT2D eigenvalue weighted by atomic mass is 10.0. The van der Waals surface area contributed by atoms with Crippen molar-refractivity contribution in [3.63, 3.8) is 0 Å². The van der Waals surface area contributed by atoms with Crippen LogP contribution in [0.4, 0.5) is 0 Å². The minimum Gasteiger partial charge on any atom is -0.350 e. The number of sulfone groups is 1. The van der Waals surface area contributed by atoms with Gasteiger partial charge in [-0.2, -0.15) is 0 Å². The molecular weight excluding hydrogens is 252 g/mol. The van der Waals surface area contributed by atoms with Gasteiger partial charge in [0, 0.05) is 18.5 Å². The molecule has 5 nitrogen and oxygen atoms in total. The number of nitrogens with one attached hydrogen (secondary N) is 2. The summed E-state index contributed by atoms with van der Waals surface area (Å²) < 4.78 is 22.8. The highest BCUT2D eigenvalue weighted by Crippen LogP contribution is 2.22. The molecule has 1 aliphatic heterocycles. The fraction of sp³-hybridized carbons (Fsp3) is 0.917. The van der Waals surface area contributed by atoms with Gasteiger partial charge in [-0.15, -0.1) is 0 Å². The van der Waals surface area contributed by atoms with Crippen LogP contribution >= 0.6 is 0 Å². The van der Waals surface area contributed by atoms with Gasteiger partial charge in [0.05, 0.1) is 17.0 Å². The molecule has 6 heteroatoms. The Balaban J connectivity index is 2.37. The van der Waals surface area contributed by atoms with E-state index in [1.54, 1.807) is 6.92 Å². The molecule has 0 aliphatic carbocycles. The molecule has 1 atom stereocenters. The molecule has 0 radical (unpaired) electrons. The summed E-state index contributed by atoms with van der Waals surface area (Å²) in [5, 5.41) is 6.07. The highest BCUT2D eigenvalue weighted by molar-refractivity contribution is 7.91. The molecule has 1 amide bonds. The monoisotopic (exact) mass is 276 g/mol. The first-order valence-electron chi connectivity index (χ1n) is 6.28. The van der Waals surface area contributed by atoms with E-state index in [1.807, 2.05) is 20.8 Å². The van der Waals surface area contributed by atoms with Crippen molar-refractivity contribution in [1.82, 2.24) is 10.6 Å². The molecule has 1 aliphatic rings. The normalized spacial score (nSPS) is 27.1. The molecule has 0 aromatic heterocycles. The Morgan fingerprint density at radius 3 is 2.39 bits per heavy atom. The lowest BCUT2D eigenvalue weighted by molar-refractivity contribution is -0.122. The van der Waals surface area contributed by atoms with E-state index in [1.165, 1.54) is 0 Å². The maximum Gasteiger partial charge on any atom is 0.221 e. The molecule has 0 aromatic rings. The van der Waals surface area contributed by atoms with Gasteiger partial charge in [0.25, 0.3) is 0 Å². The van der Waals surface area contributed by atoms with Crippen molar-refractivity contribution in [3.05, 3.63) is 0 Å². The van der Waals surface area contributed by atoms with Crippen molar-refractivity contribution >= 4 is 15.7 Å². The van der Waals surface area contributed by atoms with Crippen LogP contribution in [-0.2, 0) is 14.6 Å². The molecule has 1 saturated heterocycles. The van der Waals surface area contributed by atoms with Crippen molar-refractivity contribution in [3.8, 4) is 0 Å². The summed E-state index contributed by atoms with van der Waals surface area (Å²) in [6.45, 7) is 8.51. The lowest BCUT2D eigenvalue weighted by Crippen LogP contribution is -2.48. The van der Waals surface area contributed by atoms with Crippen LogP contribution in [-0.4, -0.2) is 43.5 Å². The Hall–Kier alpha value is -0.620. The molecular formula is C12H24N2O3S. The summed E-state index contributed by atoms with van der Waals surface area (Å²) >= 11 is 0. The van der Waals surface area contributed by atoms with E-state index < -0.39 is 15.4 Å². The molecule has 1 fully saturated rings. The van der Waals surface area contributed by atoms with Gasteiger partial charge in [-0.05, 0) is 34.1 Å². The first-order valence-corrected chi connectivity index (χ1v) is 8.10. The third kappa shape index (κ3) is 5.35. The van der Waals surface area contributed by atoms with Crippen molar-refractivity contribution in [2.45, 2.75) is 51.6 Å². The Morgan fingerprint density at radius 2 is 1.94 bits per heavy atom. The van der Waals surface area contributed by atoms with E-state index in [9.17, 15) is 13.2 Å². The van der Waals surface area contributed by atoms with Gasteiger partial charge in [0.2, 0.25) is 5.91 Å². The van der Waals surface area contributed by atoms with Gasteiger partial charge in [0.1, 0.15) is 0 Å². The SMILES string of the molecule is CC(C)(C)NCCC(=O)NC1(C)CCS(=O)(=O)C1. The summed E-state index contributed by atoms with van der Waals surface area (Å²) in [5.41, 5.74) is -0.599. The standard InChI is InChI=1S/C12H24N2O3S/c1-11(2,3)13-7-5-10(15)14-12(4)6-8-18(16,17)9-12/h13H,5-9H2,1-4H3,(H,14,15). The molecule has 106 valence electrons. The second-order valence-electron chi connectivity index (χ2n) is 6.38. The zero-order chi connectivity index (χ0) is 14.0. The van der Waals surface area contributed by atoms with Gasteiger partial charge in [-0.1, -0.05) is 0 Å². The number of amides is 1. The second-order valence-corrected chi connectivity index (χ2v) is 8.56. The smallest absolute Gasteiger partial charge is 0.221 e. The average molecular weight is 276 g/mol. The largest absolute Gasteiger partial charge is 0.350 e. The topological polar surface area (TPSA) is 75.3 Å². The number of hydrogen-bond acceptors (Lipinski definition) is 4. The third-order valence-electron chi connectivity index (χ3n) is 2.95. The maximum atomic E-state index is 11.8. The van der Waals surface area contributed by atoms with Crippen LogP contribution < -0.4 is 10.6 Å². The summed E-state index contributed by atoms with van der Waals surface area (Å²) in [5.74, 6) is 0.133. The first-order chi connectivity index (χ1) is 8.02. The fourth-order valence-corrected chi connectivity index (χ4v) is 4.15. The van der Waals surface area contributed by atoms with Crippen LogP contribution in [0.15, 0.2) is 0 Å². The molecule has 1 rings (SSSR count). The first kappa shape index (κ1) is 15.4. The minimum atomic E-state index is -2.97. The van der Waals surface area contributed by atoms with Crippen LogP contribution in [0.5, 0.6) is 0 Å². The van der Waals surface area contributed by atoms with Crippen LogP contribution in [0.3, 0.4) is 0 Å². The third-order valence-corrected chi connectivity index (χ3v) is 4.86. The van der Waals surface area contributed by atoms with Crippen LogP contribution in [0, 0.1) is 0 Å². The molecule has 0 spiro atoms. The van der Waals surface area contributed by atoms with Gasteiger partial charge in [-0.3, -0.25) is 4.79 Å². The van der Waals surface area contributed by atoms with E-state index in [2.05, 4.69) is 10.6 Å². The van der Waals surface area contributed by atoms with Crippen molar-refractivity contribution in [2.75, 3.05) is 18.1 Å². The number of carbonyl (C=O) groups excluding carboxylic acids is 1. The van der Waals surface area contributed by atoms with Crippen LogP contribution in [0.1, 0.15) is 40.5 Å². The molecule has 18 heavy (non-hydrogen) atoms. The predicted molar refractivity (Wildman–Crippen MR) is 72.2 cm³/mol. The number of carbonyl (C=O) groups is 1. The molecule has 0 bridgehead atoms. The zero-order valence-corrected chi connectivity index (χ0v) is 12.5. The van der Waals surface area contributed by atoms with Gasteiger partial charge < -0.3 is 10.6 Å². The van der Waals surface area contributed by atoms with Gasteiger partial charge >= 0.3 is 0 Å². The van der Waals surface area contributed by atoms with E-state index >= 15 is 0 Å². The highest BCUT2D eigenvalue weighted by atomic mass is 32.2. The Kier molecular flexibility index (Phi) is 4.43. The predicted octanol–water partition coefficient (Wildman–Crippen LogP) is 0.458. The molecule has 0 saturated carbocycles. The van der Waals surface area contributed by atoms with E-state index in [0.717, 1.165) is 0 Å². The molecule has 2 N–H and O–H groups in total. The fourth-order valence-electron chi connectivity index (χ4n) is 2.06. The van der Waals surface area contributed by atoms with Gasteiger partial charge in [-0.25, -0.2) is 8.42 Å². The van der Waals surface area contributed by atoms with E-state index in [-0.39, 0.29) is 23.0 Å². The Bertz CT molecular complexity index is 412. The van der Waals surface area contributed by atoms with Gasteiger partial charge in [0.15, 0.2) is 9.84 Å². The number of rotatable bonds is 4. The number of hydrogen-bond donors (Lipinski definition) is 2. The lowest BCUT2D eigenvalue weighted by Gasteiger charge is -2.25. The Morgan fingerprint density at radius 1 is 1.33 bits per heavy atom. The minimum absolute atomic E-state index is 0.0130. The summed E-state index contributed by atoms with van der Waals surface area (Å²) in [7, 11) is -2.97. The van der Waals surface area contributed by atoms with Crippen molar-refractivity contribution in [1.29, 1.82) is 0 Å². The Labute approximate surface area is 110 Å². The molecule has 1 unspecified atom stereocenters. The molecule has 0 aromatic carbocycles. The second kappa shape index (κ2) is 5.17. The summed E-state index contributed by atoms with van der Waals surface area (Å²) in [4.78, 5) is 11.8. The maximum absolute atomic E-state index is 11.8. The quantitative estimate of drug-likeness (QED) is 0.782. The van der Waals surface area contributed by atoms with Crippen LogP contribution in [0.25, 0.3) is 0 Å². The van der Waals surface area contributed by atoms with Crippen molar-refractivity contribution < 1.29 is 13.2 Å². The van der Waals surface area contributed by atoms with E-state index in [0.29, 0.717) is 19.4 Å². The average Bonchev–Trinajstić information content (AvgIpc) is 2.37.